The first-order valence-corrected chi connectivity index (χ1v) is 11.1. The molecule has 0 bridgehead atoms. The van der Waals surface area contributed by atoms with Gasteiger partial charge >= 0.3 is 0 Å². The largest absolute Gasteiger partial charge is 0.368 e. The van der Waals surface area contributed by atoms with Crippen molar-refractivity contribution in [2.75, 3.05) is 5.32 Å². The van der Waals surface area contributed by atoms with E-state index in [1.807, 2.05) is 54.7 Å². The fourth-order valence-electron chi connectivity index (χ4n) is 3.63. The van der Waals surface area contributed by atoms with Gasteiger partial charge in [0.15, 0.2) is 6.23 Å². The van der Waals surface area contributed by atoms with Crippen molar-refractivity contribution in [3.05, 3.63) is 77.9 Å². The first-order valence-electron chi connectivity index (χ1n) is 11.1. The number of hydrogen-bond acceptors (Lipinski definition) is 6. The van der Waals surface area contributed by atoms with Crippen LogP contribution in [0.25, 0.3) is 11.1 Å². The summed E-state index contributed by atoms with van der Waals surface area (Å²) in [6.07, 6.45) is 5.74. The molecule has 2 heterocycles. The average molecular weight is 443 g/mol. The van der Waals surface area contributed by atoms with E-state index in [0.717, 1.165) is 29.7 Å². The molecule has 1 aliphatic rings. The molecule has 3 aromatic rings. The molecular weight excluding hydrogens is 412 g/mol. The van der Waals surface area contributed by atoms with Gasteiger partial charge in [0.05, 0.1) is 12.0 Å². The van der Waals surface area contributed by atoms with Gasteiger partial charge in [0.2, 0.25) is 0 Å². The van der Waals surface area contributed by atoms with E-state index in [0.29, 0.717) is 16.9 Å². The normalized spacial score (nSPS) is 14.4. The second-order valence-corrected chi connectivity index (χ2v) is 9.40. The van der Waals surface area contributed by atoms with Crippen molar-refractivity contribution in [3.8, 4) is 11.1 Å². The lowest BCUT2D eigenvalue weighted by atomic mass is 9.91. The molecule has 0 spiro atoms. The molecule has 1 atom stereocenters. The topological polar surface area (TPSA) is 109 Å². The zero-order chi connectivity index (χ0) is 23.6. The summed E-state index contributed by atoms with van der Waals surface area (Å²) >= 11 is 0. The Morgan fingerprint density at radius 2 is 1.91 bits per heavy atom. The second-order valence-electron chi connectivity index (χ2n) is 9.40. The molecule has 1 aliphatic carbocycles. The Morgan fingerprint density at radius 3 is 2.55 bits per heavy atom. The second kappa shape index (κ2) is 9.11. The van der Waals surface area contributed by atoms with Crippen molar-refractivity contribution in [2.45, 2.75) is 51.3 Å². The molecule has 7 nitrogen and oxygen atoms in total. The van der Waals surface area contributed by atoms with E-state index in [1.54, 1.807) is 11.1 Å². The third-order valence-electron chi connectivity index (χ3n) is 5.70. The highest BCUT2D eigenvalue weighted by molar-refractivity contribution is 6.03. The van der Waals surface area contributed by atoms with Gasteiger partial charge in [0.25, 0.3) is 0 Å². The van der Waals surface area contributed by atoms with Crippen molar-refractivity contribution < 1.29 is 5.11 Å². The van der Waals surface area contributed by atoms with E-state index in [4.69, 9.17) is 10.8 Å². The third kappa shape index (κ3) is 5.26. The van der Waals surface area contributed by atoms with Gasteiger partial charge in [-0.3, -0.25) is 20.8 Å². The van der Waals surface area contributed by atoms with Crippen LogP contribution in [0.1, 0.15) is 56.8 Å². The molecule has 7 heteroatoms. The number of aromatic nitrogens is 2. The summed E-state index contributed by atoms with van der Waals surface area (Å²) in [5.74, 6) is 0.289. The highest BCUT2D eigenvalue weighted by Crippen LogP contribution is 2.28. The Balaban J connectivity index is 1.50. The van der Waals surface area contributed by atoms with Gasteiger partial charge in [0, 0.05) is 46.4 Å². The standard InChI is InChI=1S/C26H30N6O/c1-26(2,3)23-10-7-19(15-30-23)17-11-12-29-22(14-17)25(33)31-20-6-4-5-18(13-20)24(28)32(16-27)21-8-9-21/h4-7,10-16,21,25,27-28,31,33H,8-9H2,1-3H3. The Bertz CT molecular complexity index is 1150. The molecular formula is C26H30N6O. The summed E-state index contributed by atoms with van der Waals surface area (Å²) in [7, 11) is 0. The molecule has 0 aliphatic heterocycles. The number of nitrogens with zero attached hydrogens (tertiary/aromatic N) is 3. The number of nitrogens with one attached hydrogen (secondary N) is 3. The lowest BCUT2D eigenvalue weighted by Crippen LogP contribution is -2.31. The summed E-state index contributed by atoms with van der Waals surface area (Å²) in [5, 5.41) is 29.9. The quantitative estimate of drug-likeness (QED) is 0.235. The van der Waals surface area contributed by atoms with Gasteiger partial charge in [-0.15, -0.1) is 0 Å². The van der Waals surface area contributed by atoms with Crippen LogP contribution >= 0.6 is 0 Å². The molecule has 0 saturated heterocycles. The van der Waals surface area contributed by atoms with Crippen molar-refractivity contribution in [3.63, 3.8) is 0 Å². The highest BCUT2D eigenvalue weighted by atomic mass is 16.3. The van der Waals surface area contributed by atoms with Crippen molar-refractivity contribution in [1.29, 1.82) is 10.8 Å². The fraction of sp³-hybridized carbons (Fsp3) is 0.308. The molecule has 1 saturated carbocycles. The van der Waals surface area contributed by atoms with E-state index in [-0.39, 0.29) is 17.3 Å². The van der Waals surface area contributed by atoms with Crippen molar-refractivity contribution >= 4 is 17.9 Å². The number of pyridine rings is 2. The highest BCUT2D eigenvalue weighted by Gasteiger charge is 2.30. The number of rotatable bonds is 7. The van der Waals surface area contributed by atoms with Gasteiger partial charge in [-0.05, 0) is 48.7 Å². The first kappa shape index (κ1) is 22.6. The van der Waals surface area contributed by atoms with E-state index in [1.165, 1.54) is 6.34 Å². The molecule has 2 aromatic heterocycles. The number of aliphatic hydroxyl groups excluding tert-OH is 1. The first-order chi connectivity index (χ1) is 15.8. The predicted octanol–water partition coefficient (Wildman–Crippen LogP) is 4.94. The fourth-order valence-corrected chi connectivity index (χ4v) is 3.63. The maximum Gasteiger partial charge on any atom is 0.168 e. The molecule has 1 fully saturated rings. The molecule has 4 N–H and O–H groups in total. The lowest BCUT2D eigenvalue weighted by Gasteiger charge is -2.20. The Labute approximate surface area is 194 Å². The number of amidine groups is 1. The molecule has 4 rings (SSSR count). The number of aliphatic hydroxyl groups is 1. The van der Waals surface area contributed by atoms with Crippen LogP contribution in [0, 0.1) is 10.8 Å². The zero-order valence-electron chi connectivity index (χ0n) is 19.2. The molecule has 33 heavy (non-hydrogen) atoms. The summed E-state index contributed by atoms with van der Waals surface area (Å²) in [6.45, 7) is 6.39. The van der Waals surface area contributed by atoms with Crippen LogP contribution in [0.4, 0.5) is 5.69 Å². The molecule has 170 valence electrons. The molecule has 0 amide bonds. The van der Waals surface area contributed by atoms with Crippen LogP contribution in [0.3, 0.4) is 0 Å². The monoisotopic (exact) mass is 442 g/mol. The van der Waals surface area contributed by atoms with Gasteiger partial charge in [-0.1, -0.05) is 39.0 Å². The van der Waals surface area contributed by atoms with Crippen LogP contribution in [0.2, 0.25) is 0 Å². The zero-order valence-corrected chi connectivity index (χ0v) is 19.2. The van der Waals surface area contributed by atoms with Crippen LogP contribution in [0.5, 0.6) is 0 Å². The van der Waals surface area contributed by atoms with E-state index in [9.17, 15) is 5.11 Å². The summed E-state index contributed by atoms with van der Waals surface area (Å²) in [6, 6.07) is 15.4. The molecule has 1 aromatic carbocycles. The van der Waals surface area contributed by atoms with Crippen LogP contribution in [-0.2, 0) is 5.41 Å². The number of hydrogen-bond donors (Lipinski definition) is 4. The van der Waals surface area contributed by atoms with Crippen LogP contribution < -0.4 is 5.32 Å². The summed E-state index contributed by atoms with van der Waals surface area (Å²) < 4.78 is 0. The minimum Gasteiger partial charge on any atom is -0.368 e. The van der Waals surface area contributed by atoms with Crippen LogP contribution in [-0.4, -0.2) is 38.2 Å². The number of anilines is 1. The minimum atomic E-state index is -1.02. The van der Waals surface area contributed by atoms with Gasteiger partial charge in [-0.2, -0.15) is 0 Å². The van der Waals surface area contributed by atoms with E-state index >= 15 is 0 Å². The number of benzene rings is 1. The lowest BCUT2D eigenvalue weighted by molar-refractivity contribution is 0.203. The smallest absolute Gasteiger partial charge is 0.168 e. The summed E-state index contributed by atoms with van der Waals surface area (Å²) in [5.41, 5.74) is 4.75. The van der Waals surface area contributed by atoms with Gasteiger partial charge in [0.1, 0.15) is 5.84 Å². The van der Waals surface area contributed by atoms with E-state index < -0.39 is 6.23 Å². The Hall–Kier alpha value is -3.58. The SMILES string of the molecule is CC(C)(C)c1ccc(-c2ccnc(C(O)Nc3cccc(C(=N)N(C=N)C4CC4)c3)c2)cn1. The van der Waals surface area contributed by atoms with Gasteiger partial charge in [-0.25, -0.2) is 0 Å². The Kier molecular flexibility index (Phi) is 6.24. The maximum absolute atomic E-state index is 10.8. The van der Waals surface area contributed by atoms with E-state index in [2.05, 4.69) is 36.1 Å². The van der Waals surface area contributed by atoms with Crippen molar-refractivity contribution in [2.24, 2.45) is 0 Å². The predicted molar refractivity (Wildman–Crippen MR) is 132 cm³/mol. The van der Waals surface area contributed by atoms with Crippen molar-refractivity contribution in [1.82, 2.24) is 14.9 Å². The van der Waals surface area contributed by atoms with Crippen LogP contribution in [0.15, 0.2) is 60.9 Å². The Morgan fingerprint density at radius 1 is 1.12 bits per heavy atom. The molecule has 0 radical (unpaired) electrons. The maximum atomic E-state index is 10.8. The van der Waals surface area contributed by atoms with Gasteiger partial charge < -0.3 is 15.3 Å². The third-order valence-corrected chi connectivity index (χ3v) is 5.70. The minimum absolute atomic E-state index is 0.0126. The summed E-state index contributed by atoms with van der Waals surface area (Å²) in [4.78, 5) is 10.6. The average Bonchev–Trinajstić information content (AvgIpc) is 3.64. The molecule has 1 unspecified atom stereocenters.